The van der Waals surface area contributed by atoms with E-state index in [0.717, 1.165) is 19.1 Å². The molecule has 3 aromatic rings. The minimum Gasteiger partial charge on any atom is -0.508 e. The van der Waals surface area contributed by atoms with Crippen molar-refractivity contribution in [3.05, 3.63) is 52.2 Å². The van der Waals surface area contributed by atoms with Crippen LogP contribution >= 0.6 is 0 Å². The van der Waals surface area contributed by atoms with Gasteiger partial charge < -0.3 is 64.2 Å². The maximum absolute atomic E-state index is 13.2. The topological polar surface area (TPSA) is 246 Å². The van der Waals surface area contributed by atoms with Crippen LogP contribution in [0.5, 0.6) is 17.2 Å². The van der Waals surface area contributed by atoms with Gasteiger partial charge in [0.1, 0.15) is 71.1 Å². The van der Waals surface area contributed by atoms with E-state index in [1.54, 1.807) is 0 Å². The Bertz CT molecular complexity index is 1570. The highest BCUT2D eigenvalue weighted by atomic mass is 16.7. The van der Waals surface area contributed by atoms with E-state index in [2.05, 4.69) is 0 Å². The number of hydrogen-bond donors (Lipinski definition) is 8. The predicted molar refractivity (Wildman–Crippen MR) is 146 cm³/mol. The molecular weight excluding hydrogens is 588 g/mol. The van der Waals surface area contributed by atoms with Crippen molar-refractivity contribution in [2.45, 2.75) is 75.1 Å². The van der Waals surface area contributed by atoms with Crippen LogP contribution in [-0.2, 0) is 23.7 Å². The largest absolute Gasteiger partial charge is 0.508 e. The first-order valence-electron chi connectivity index (χ1n) is 13.6. The average molecular weight is 621 g/mol. The Balaban J connectivity index is 1.62. The Morgan fingerprint density at radius 3 is 2.18 bits per heavy atom. The second-order valence-corrected chi connectivity index (χ2v) is 10.7. The van der Waals surface area contributed by atoms with Gasteiger partial charge in [-0.15, -0.1) is 0 Å². The van der Waals surface area contributed by atoms with Crippen LogP contribution < -0.4 is 5.43 Å². The Morgan fingerprint density at radius 1 is 0.886 bits per heavy atom. The number of aromatic hydroxyl groups is 3. The van der Waals surface area contributed by atoms with Crippen molar-refractivity contribution in [3.8, 4) is 28.6 Å². The van der Waals surface area contributed by atoms with Crippen molar-refractivity contribution in [2.75, 3.05) is 6.61 Å². The normalized spacial score (nSPS) is 32.4. The molecule has 0 aliphatic carbocycles. The third kappa shape index (κ3) is 5.71. The first-order chi connectivity index (χ1) is 20.8. The van der Waals surface area contributed by atoms with Crippen LogP contribution in [0.4, 0.5) is 0 Å². The van der Waals surface area contributed by atoms with E-state index >= 15 is 0 Å². The zero-order chi connectivity index (χ0) is 32.0. The molecule has 2 saturated heterocycles. The summed E-state index contributed by atoms with van der Waals surface area (Å²) in [6.45, 7) is 1.73. The van der Waals surface area contributed by atoms with Crippen LogP contribution in [0.25, 0.3) is 22.3 Å². The molecule has 2 aliphatic rings. The van der Waals surface area contributed by atoms with Gasteiger partial charge in [0.25, 0.3) is 0 Å². The fraction of sp³-hybridized carbons (Fsp3) is 0.448. The lowest BCUT2D eigenvalue weighted by atomic mass is 9.89. The number of aliphatic hydroxyl groups excluding tert-OH is 5. The smallest absolute Gasteiger partial charge is 0.303 e. The Hall–Kier alpha value is -3.80. The lowest BCUT2D eigenvalue weighted by molar-refractivity contribution is -0.338. The summed E-state index contributed by atoms with van der Waals surface area (Å²) in [5, 5.41) is 84.0. The maximum Gasteiger partial charge on any atom is 0.303 e. The average Bonchev–Trinajstić information content (AvgIpc) is 2.96. The maximum atomic E-state index is 13.2. The van der Waals surface area contributed by atoms with E-state index in [0.29, 0.717) is 5.56 Å². The number of phenols is 3. The molecule has 0 saturated carbocycles. The van der Waals surface area contributed by atoms with Gasteiger partial charge in [0.05, 0.1) is 18.3 Å². The van der Waals surface area contributed by atoms with Crippen LogP contribution in [0, 0.1) is 0 Å². The van der Waals surface area contributed by atoms with Gasteiger partial charge >= 0.3 is 5.97 Å². The van der Waals surface area contributed by atoms with Gasteiger partial charge in [-0.25, -0.2) is 0 Å². The molecule has 1 aromatic heterocycles. The second kappa shape index (κ2) is 12.3. The van der Waals surface area contributed by atoms with Gasteiger partial charge in [-0.2, -0.15) is 0 Å². The molecule has 15 heteroatoms. The molecule has 2 aliphatic heterocycles. The number of aliphatic hydroxyl groups is 5. The highest BCUT2D eigenvalue weighted by Gasteiger charge is 2.52. The Morgan fingerprint density at radius 2 is 1.55 bits per heavy atom. The van der Waals surface area contributed by atoms with E-state index in [4.69, 9.17) is 23.4 Å². The summed E-state index contributed by atoms with van der Waals surface area (Å²) in [6.07, 6.45) is -16.0. The van der Waals surface area contributed by atoms with Gasteiger partial charge in [0, 0.05) is 24.6 Å². The van der Waals surface area contributed by atoms with Gasteiger partial charge in [0.2, 0.25) is 0 Å². The fourth-order valence-electron chi connectivity index (χ4n) is 5.47. The van der Waals surface area contributed by atoms with E-state index < -0.39 is 96.3 Å². The molecule has 10 atom stereocenters. The first-order valence-corrected chi connectivity index (χ1v) is 13.6. The van der Waals surface area contributed by atoms with E-state index in [1.807, 2.05) is 0 Å². The van der Waals surface area contributed by atoms with Crippen molar-refractivity contribution in [3.63, 3.8) is 0 Å². The van der Waals surface area contributed by atoms with Gasteiger partial charge in [-0.05, 0) is 31.2 Å². The third-order valence-electron chi connectivity index (χ3n) is 7.67. The molecule has 0 bridgehead atoms. The van der Waals surface area contributed by atoms with E-state index in [9.17, 15) is 50.4 Å². The van der Waals surface area contributed by atoms with Gasteiger partial charge in [-0.3, -0.25) is 9.59 Å². The van der Waals surface area contributed by atoms with Crippen LogP contribution in [0.3, 0.4) is 0 Å². The van der Waals surface area contributed by atoms with Gasteiger partial charge in [-0.1, -0.05) is 0 Å². The molecule has 0 spiro atoms. The second-order valence-electron chi connectivity index (χ2n) is 10.7. The summed E-state index contributed by atoms with van der Waals surface area (Å²) in [5.41, 5.74) is -1.13. The van der Waals surface area contributed by atoms with E-state index in [1.165, 1.54) is 31.2 Å². The van der Waals surface area contributed by atoms with Crippen molar-refractivity contribution in [1.29, 1.82) is 0 Å². The summed E-state index contributed by atoms with van der Waals surface area (Å²) in [6, 6.07) is 7.49. The van der Waals surface area contributed by atoms with Crippen molar-refractivity contribution >= 4 is 16.9 Å². The molecule has 44 heavy (non-hydrogen) atoms. The lowest BCUT2D eigenvalue weighted by Crippen LogP contribution is -2.62. The lowest BCUT2D eigenvalue weighted by Gasteiger charge is -2.46. The standard InChI is InChI=1S/C29H32O15/c1-10-25(41-11(2)31)23(38)24(39)29(40-10)44-28-22(37)21(36)18(9-30)43-27(28)20-15(34)7-14(33)19-16(35)8-17(42-26(19)20)12-3-5-13(32)6-4-12/h3-8,10,18,21-25,27-30,32-34,36-39H,9H2,1-2H3/t10-,18-,21-,22+,23-,24+,25+,27-,28-,29-/m1/s1. The summed E-state index contributed by atoms with van der Waals surface area (Å²) in [5.74, 6) is -2.18. The number of rotatable bonds is 6. The quantitative estimate of drug-likeness (QED) is 0.162. The van der Waals surface area contributed by atoms with Crippen LogP contribution in [0.1, 0.15) is 25.5 Å². The third-order valence-corrected chi connectivity index (χ3v) is 7.67. The number of ether oxygens (including phenoxy) is 4. The molecule has 2 fully saturated rings. The monoisotopic (exact) mass is 620 g/mol. The zero-order valence-electron chi connectivity index (χ0n) is 23.4. The van der Waals surface area contributed by atoms with Crippen LogP contribution in [0.2, 0.25) is 0 Å². The van der Waals surface area contributed by atoms with Crippen molar-refractivity contribution in [1.82, 2.24) is 0 Å². The fourth-order valence-corrected chi connectivity index (χ4v) is 5.47. The number of carbonyl (C=O) groups is 1. The number of carbonyl (C=O) groups excluding carboxylic acids is 1. The summed E-state index contributed by atoms with van der Waals surface area (Å²) in [7, 11) is 0. The molecule has 15 nitrogen and oxygen atoms in total. The van der Waals surface area contributed by atoms with E-state index in [-0.39, 0.29) is 22.5 Å². The molecule has 0 unspecified atom stereocenters. The van der Waals surface area contributed by atoms with Crippen molar-refractivity contribution in [2.24, 2.45) is 0 Å². The van der Waals surface area contributed by atoms with Crippen LogP contribution in [0.15, 0.2) is 45.6 Å². The molecule has 8 N–H and O–H groups in total. The molecule has 2 aromatic carbocycles. The number of benzene rings is 2. The Kier molecular flexibility index (Phi) is 8.84. The summed E-state index contributed by atoms with van der Waals surface area (Å²) >= 11 is 0. The predicted octanol–water partition coefficient (Wildman–Crippen LogP) is -0.486. The van der Waals surface area contributed by atoms with Gasteiger partial charge in [0.15, 0.2) is 23.4 Å². The minimum absolute atomic E-state index is 0.0409. The molecule has 3 heterocycles. The molecule has 0 amide bonds. The number of phenolic OH excluding ortho intramolecular Hbond substituents is 3. The molecule has 238 valence electrons. The number of esters is 1. The zero-order valence-corrected chi connectivity index (χ0v) is 23.4. The molecule has 0 radical (unpaired) electrons. The summed E-state index contributed by atoms with van der Waals surface area (Å²) < 4.78 is 28.4. The van der Waals surface area contributed by atoms with Crippen LogP contribution in [-0.4, -0.2) is 109 Å². The SMILES string of the molecule is CC(=O)O[C@@H]1[C@H](O)[C@H](O)[C@@H](O[C@@H]2[C@@H](O)[C@H](O)[C@@H](CO)O[C@@H]2c2c(O)cc(O)c3c(=O)cc(-c4ccc(O)cc4)oc23)O[C@@H]1C. The minimum atomic E-state index is -1.88. The van der Waals surface area contributed by atoms with Crippen molar-refractivity contribution < 1.29 is 69.0 Å². The molecular formula is C29H32O15. The number of hydrogen-bond acceptors (Lipinski definition) is 15. The first kappa shape index (κ1) is 31.6. The highest BCUT2D eigenvalue weighted by molar-refractivity contribution is 5.89. The Labute approximate surface area is 248 Å². The number of fused-ring (bicyclic) bond motifs is 1. The highest BCUT2D eigenvalue weighted by Crippen LogP contribution is 2.45. The molecule has 5 rings (SSSR count). The summed E-state index contributed by atoms with van der Waals surface area (Å²) in [4.78, 5) is 24.7.